The molecule has 0 aliphatic heterocycles. The van der Waals surface area contributed by atoms with Gasteiger partial charge < -0.3 is 0 Å². The number of nitrogens with zero attached hydrogens (tertiary/aromatic N) is 1. The second-order valence-corrected chi connectivity index (χ2v) is 2.42. The number of aliphatic imine (C=N–C) groups is 1. The SMILES string of the molecule is CCCCC(CC)N=C=O. The van der Waals surface area contributed by atoms with Crippen LogP contribution in [-0.4, -0.2) is 12.1 Å². The van der Waals surface area contributed by atoms with E-state index in [2.05, 4.69) is 11.9 Å². The summed E-state index contributed by atoms with van der Waals surface area (Å²) in [4.78, 5) is 13.5. The van der Waals surface area contributed by atoms with Crippen LogP contribution in [0.4, 0.5) is 0 Å². The number of unbranched alkanes of at least 4 members (excludes halogenated alkanes) is 1. The fraction of sp³-hybridized carbons (Fsp3) is 0.875. The van der Waals surface area contributed by atoms with Crippen molar-refractivity contribution in [2.75, 3.05) is 0 Å². The summed E-state index contributed by atoms with van der Waals surface area (Å²) >= 11 is 0. The fourth-order valence-corrected chi connectivity index (χ4v) is 0.874. The maximum atomic E-state index is 9.85. The minimum absolute atomic E-state index is 0.220. The summed E-state index contributed by atoms with van der Waals surface area (Å²) in [6, 6.07) is 0.220. The first-order chi connectivity index (χ1) is 4.85. The molecule has 0 rings (SSSR count). The molecule has 0 N–H and O–H groups in total. The van der Waals surface area contributed by atoms with Gasteiger partial charge in [-0.05, 0) is 12.8 Å². The van der Waals surface area contributed by atoms with E-state index in [1.54, 1.807) is 6.08 Å². The van der Waals surface area contributed by atoms with Crippen LogP contribution in [0.15, 0.2) is 4.99 Å². The first kappa shape index (κ1) is 9.38. The van der Waals surface area contributed by atoms with Crippen molar-refractivity contribution in [1.29, 1.82) is 0 Å². The molecule has 2 heteroatoms. The molecule has 0 aromatic heterocycles. The maximum Gasteiger partial charge on any atom is 0.235 e. The van der Waals surface area contributed by atoms with E-state index >= 15 is 0 Å². The normalized spacial score (nSPS) is 12.2. The van der Waals surface area contributed by atoms with E-state index in [9.17, 15) is 4.79 Å². The van der Waals surface area contributed by atoms with E-state index in [0.717, 1.165) is 19.3 Å². The number of rotatable bonds is 5. The van der Waals surface area contributed by atoms with Gasteiger partial charge in [-0.3, -0.25) is 0 Å². The molecule has 0 heterocycles. The average molecular weight is 141 g/mol. The smallest absolute Gasteiger partial charge is 0.211 e. The van der Waals surface area contributed by atoms with Crippen molar-refractivity contribution in [2.45, 2.75) is 45.6 Å². The summed E-state index contributed by atoms with van der Waals surface area (Å²) in [6.45, 7) is 4.18. The lowest BCUT2D eigenvalue weighted by Crippen LogP contribution is -2.00. The lowest BCUT2D eigenvalue weighted by Gasteiger charge is -2.04. The van der Waals surface area contributed by atoms with Crippen molar-refractivity contribution in [1.82, 2.24) is 0 Å². The predicted octanol–water partition coefficient (Wildman–Crippen LogP) is 2.29. The van der Waals surface area contributed by atoms with Crippen LogP contribution in [0, 0.1) is 0 Å². The highest BCUT2D eigenvalue weighted by Gasteiger charge is 2.00. The third-order valence-electron chi connectivity index (χ3n) is 1.60. The lowest BCUT2D eigenvalue weighted by molar-refractivity contribution is 0.534. The Morgan fingerprint density at radius 3 is 2.60 bits per heavy atom. The van der Waals surface area contributed by atoms with E-state index < -0.39 is 0 Å². The molecule has 0 aromatic rings. The van der Waals surface area contributed by atoms with E-state index in [1.807, 2.05) is 6.92 Å². The number of carbonyl (C=O) groups excluding carboxylic acids is 1. The van der Waals surface area contributed by atoms with Crippen LogP contribution in [0.1, 0.15) is 39.5 Å². The van der Waals surface area contributed by atoms with Gasteiger partial charge in [-0.1, -0.05) is 26.7 Å². The van der Waals surface area contributed by atoms with Crippen LogP contribution in [0.3, 0.4) is 0 Å². The molecule has 0 bridgehead atoms. The first-order valence-electron chi connectivity index (χ1n) is 3.92. The van der Waals surface area contributed by atoms with Crippen molar-refractivity contribution >= 4 is 6.08 Å². The van der Waals surface area contributed by atoms with Gasteiger partial charge in [0.2, 0.25) is 6.08 Å². The van der Waals surface area contributed by atoms with Crippen LogP contribution in [-0.2, 0) is 4.79 Å². The van der Waals surface area contributed by atoms with Crippen molar-refractivity contribution in [3.8, 4) is 0 Å². The number of hydrogen-bond acceptors (Lipinski definition) is 2. The molecule has 0 aliphatic rings. The Morgan fingerprint density at radius 2 is 2.20 bits per heavy atom. The molecule has 0 aliphatic carbocycles. The third-order valence-corrected chi connectivity index (χ3v) is 1.60. The average Bonchev–Trinajstić information content (AvgIpc) is 1.98. The van der Waals surface area contributed by atoms with Crippen LogP contribution in [0.2, 0.25) is 0 Å². The van der Waals surface area contributed by atoms with E-state index in [4.69, 9.17) is 0 Å². The Hall–Kier alpha value is -0.620. The molecular formula is C8H15NO. The van der Waals surface area contributed by atoms with Gasteiger partial charge in [-0.15, -0.1) is 0 Å². The molecule has 2 nitrogen and oxygen atoms in total. The zero-order valence-corrected chi connectivity index (χ0v) is 6.76. The molecule has 0 fully saturated rings. The highest BCUT2D eigenvalue weighted by atomic mass is 16.1. The minimum Gasteiger partial charge on any atom is -0.211 e. The monoisotopic (exact) mass is 141 g/mol. The van der Waals surface area contributed by atoms with Gasteiger partial charge in [0.25, 0.3) is 0 Å². The molecule has 0 amide bonds. The number of isocyanates is 1. The largest absolute Gasteiger partial charge is 0.235 e. The molecule has 0 spiro atoms. The highest BCUT2D eigenvalue weighted by molar-refractivity contribution is 5.33. The van der Waals surface area contributed by atoms with Gasteiger partial charge in [0.05, 0.1) is 6.04 Å². The summed E-state index contributed by atoms with van der Waals surface area (Å²) in [5.41, 5.74) is 0. The summed E-state index contributed by atoms with van der Waals surface area (Å²) in [5.74, 6) is 0. The standard InChI is InChI=1S/C8H15NO/c1-3-5-6-8(4-2)9-7-10/h8H,3-6H2,1-2H3. The van der Waals surface area contributed by atoms with Crippen LogP contribution >= 0.6 is 0 Å². The van der Waals surface area contributed by atoms with Gasteiger partial charge in [0.15, 0.2) is 0 Å². The van der Waals surface area contributed by atoms with Gasteiger partial charge in [0.1, 0.15) is 0 Å². The van der Waals surface area contributed by atoms with Gasteiger partial charge in [-0.25, -0.2) is 9.79 Å². The first-order valence-corrected chi connectivity index (χ1v) is 3.92. The Kier molecular flexibility index (Phi) is 6.10. The van der Waals surface area contributed by atoms with Gasteiger partial charge in [0, 0.05) is 0 Å². The van der Waals surface area contributed by atoms with Gasteiger partial charge in [-0.2, -0.15) is 0 Å². The second-order valence-electron chi connectivity index (χ2n) is 2.42. The molecule has 0 radical (unpaired) electrons. The number of hydrogen-bond donors (Lipinski definition) is 0. The molecule has 58 valence electrons. The Labute approximate surface area is 62.4 Å². The highest BCUT2D eigenvalue weighted by Crippen LogP contribution is 2.06. The molecule has 10 heavy (non-hydrogen) atoms. The second kappa shape index (κ2) is 6.50. The summed E-state index contributed by atoms with van der Waals surface area (Å²) < 4.78 is 0. The summed E-state index contributed by atoms with van der Waals surface area (Å²) in [5, 5.41) is 0. The summed E-state index contributed by atoms with van der Waals surface area (Å²) in [6.07, 6.45) is 5.91. The molecule has 0 aromatic carbocycles. The molecule has 0 saturated carbocycles. The fourth-order valence-electron chi connectivity index (χ4n) is 0.874. The molecule has 1 atom stereocenters. The van der Waals surface area contributed by atoms with Crippen LogP contribution in [0.5, 0.6) is 0 Å². The molecular weight excluding hydrogens is 126 g/mol. The maximum absolute atomic E-state index is 9.85. The van der Waals surface area contributed by atoms with Crippen molar-refractivity contribution < 1.29 is 4.79 Å². The van der Waals surface area contributed by atoms with Crippen LogP contribution < -0.4 is 0 Å². The topological polar surface area (TPSA) is 29.4 Å². The van der Waals surface area contributed by atoms with Crippen molar-refractivity contribution in [3.63, 3.8) is 0 Å². The molecule has 1 unspecified atom stereocenters. The predicted molar refractivity (Wildman–Crippen MR) is 41.7 cm³/mol. The third kappa shape index (κ3) is 4.28. The Balaban J connectivity index is 3.49. The van der Waals surface area contributed by atoms with Crippen molar-refractivity contribution in [2.24, 2.45) is 4.99 Å². The summed E-state index contributed by atoms with van der Waals surface area (Å²) in [7, 11) is 0. The van der Waals surface area contributed by atoms with Gasteiger partial charge >= 0.3 is 0 Å². The van der Waals surface area contributed by atoms with E-state index in [-0.39, 0.29) is 6.04 Å². The zero-order chi connectivity index (χ0) is 7.82. The van der Waals surface area contributed by atoms with Crippen LogP contribution in [0.25, 0.3) is 0 Å². The van der Waals surface area contributed by atoms with Crippen molar-refractivity contribution in [3.05, 3.63) is 0 Å². The molecule has 0 saturated heterocycles. The lowest BCUT2D eigenvalue weighted by atomic mass is 10.1. The van der Waals surface area contributed by atoms with E-state index in [0.29, 0.717) is 0 Å². The Morgan fingerprint density at radius 1 is 1.50 bits per heavy atom. The zero-order valence-electron chi connectivity index (χ0n) is 6.76. The van der Waals surface area contributed by atoms with E-state index in [1.165, 1.54) is 6.42 Å². The Bertz CT molecular complexity index is 116. The quantitative estimate of drug-likeness (QED) is 0.426. The minimum atomic E-state index is 0.220.